The Morgan fingerprint density at radius 2 is 0.944 bits per heavy atom. The Morgan fingerprint density at radius 3 is 1.39 bits per heavy atom. The van der Waals surface area contributed by atoms with Gasteiger partial charge in [0.2, 0.25) is 0 Å². The molecule has 4 saturated carbocycles. The van der Waals surface area contributed by atoms with Crippen molar-refractivity contribution >= 4 is 63.8 Å². The number of hydrogen-bond donors (Lipinski definition) is 0. The highest BCUT2D eigenvalue weighted by atomic mass is 35.5. The molecule has 7 aliphatic rings. The largest absolute Gasteiger partial charge is 0.292 e. The van der Waals surface area contributed by atoms with E-state index in [1.807, 2.05) is 84.9 Å². The average molecular weight is 998 g/mol. The smallest absolute Gasteiger partial charge is 0.255 e. The maximum Gasteiger partial charge on any atom is 0.255 e. The van der Waals surface area contributed by atoms with Gasteiger partial charge in [-0.2, -0.15) is 15.3 Å². The zero-order chi connectivity index (χ0) is 51.5. The van der Waals surface area contributed by atoms with Crippen LogP contribution in [0, 0.1) is 52.8 Å². The zero-order valence-corrected chi connectivity index (χ0v) is 44.2. The average Bonchev–Trinajstić information content (AvgIpc) is 4.18. The normalized spacial score (nSPS) is 28.3. The van der Waals surface area contributed by atoms with Crippen LogP contribution in [0.4, 0.5) is 0 Å². The van der Waals surface area contributed by atoms with Crippen LogP contribution in [0.15, 0.2) is 94.2 Å². The Bertz CT molecular complexity index is 2550. The molecular weight excluding hydrogens is 924 g/mol. The van der Waals surface area contributed by atoms with Crippen molar-refractivity contribution in [2.24, 2.45) is 61.1 Å². The molecule has 4 aliphatic carbocycles. The van der Waals surface area contributed by atoms with Crippen molar-refractivity contribution in [1.82, 2.24) is 15.0 Å². The molecule has 0 radical (unpaired) electrons. The molecule has 12 nitrogen and oxygen atoms in total. The third kappa shape index (κ3) is 10.4. The number of rotatable bonds is 12. The number of amides is 3. The van der Waals surface area contributed by atoms with E-state index in [0.29, 0.717) is 45.4 Å². The summed E-state index contributed by atoms with van der Waals surface area (Å²) in [5.74, 6) is 2.22. The number of aryl methyl sites for hydroxylation is 1. The van der Waals surface area contributed by atoms with E-state index in [4.69, 9.17) is 11.6 Å². The fourth-order valence-electron chi connectivity index (χ4n) is 13.0. The second-order valence-corrected chi connectivity index (χ2v) is 22.7. The van der Waals surface area contributed by atoms with Crippen LogP contribution in [0.5, 0.6) is 0 Å². The molecule has 10 rings (SSSR count). The van der Waals surface area contributed by atoms with Gasteiger partial charge in [-0.1, -0.05) is 123 Å². The molecule has 72 heavy (non-hydrogen) atoms. The number of Topliss-reactive ketones (excluding diaryl/α,β-unsaturated/α-hetero) is 3. The monoisotopic (exact) mass is 997 g/mol. The van der Waals surface area contributed by atoms with Crippen LogP contribution in [0.3, 0.4) is 0 Å². The van der Waals surface area contributed by atoms with Gasteiger partial charge < -0.3 is 0 Å². The van der Waals surface area contributed by atoms with Gasteiger partial charge in [-0.15, -0.1) is 0 Å². The van der Waals surface area contributed by atoms with Crippen LogP contribution in [0.1, 0.15) is 168 Å². The molecule has 3 aromatic rings. The molecule has 0 N–H and O–H groups in total. The molecule has 0 spiro atoms. The van der Waals surface area contributed by atoms with Gasteiger partial charge in [-0.25, -0.2) is 15.0 Å². The molecule has 13 heteroatoms. The van der Waals surface area contributed by atoms with Crippen LogP contribution >= 0.6 is 11.6 Å². The zero-order valence-electron chi connectivity index (χ0n) is 43.4. The molecule has 3 aromatic carbocycles. The maximum atomic E-state index is 13.1. The molecular formula is C59H73ClN6O6. The molecule has 0 aromatic heterocycles. The first-order valence-corrected chi connectivity index (χ1v) is 26.8. The van der Waals surface area contributed by atoms with Crippen molar-refractivity contribution in [3.05, 3.63) is 106 Å². The molecule has 6 atom stereocenters. The van der Waals surface area contributed by atoms with Crippen molar-refractivity contribution in [2.45, 2.75) is 138 Å². The summed E-state index contributed by atoms with van der Waals surface area (Å²) in [6.45, 7) is 13.9. The summed E-state index contributed by atoms with van der Waals surface area (Å²) in [4.78, 5) is 76.6. The predicted molar refractivity (Wildman–Crippen MR) is 283 cm³/mol. The lowest BCUT2D eigenvalue weighted by atomic mass is 9.66. The van der Waals surface area contributed by atoms with Crippen molar-refractivity contribution < 1.29 is 28.8 Å². The van der Waals surface area contributed by atoms with E-state index in [9.17, 15) is 28.8 Å². The summed E-state index contributed by atoms with van der Waals surface area (Å²) in [6.07, 6.45) is 16.5. The molecule has 3 aliphatic heterocycles. The molecule has 3 amide bonds. The Morgan fingerprint density at radius 1 is 0.514 bits per heavy atom. The molecule has 0 saturated heterocycles. The molecule has 382 valence electrons. The van der Waals surface area contributed by atoms with Crippen LogP contribution in [0.25, 0.3) is 0 Å². The van der Waals surface area contributed by atoms with Crippen LogP contribution in [-0.4, -0.2) is 86.9 Å². The Hall–Kier alpha value is -5.62. The first kappa shape index (κ1) is 52.7. The van der Waals surface area contributed by atoms with E-state index in [2.05, 4.69) is 15.3 Å². The summed E-state index contributed by atoms with van der Waals surface area (Å²) < 4.78 is 0. The summed E-state index contributed by atoms with van der Waals surface area (Å²) in [6, 6.07) is 23.4. The van der Waals surface area contributed by atoms with Crippen molar-refractivity contribution in [3.8, 4) is 0 Å². The summed E-state index contributed by atoms with van der Waals surface area (Å²) in [7, 11) is 0. The van der Waals surface area contributed by atoms with Crippen LogP contribution < -0.4 is 0 Å². The summed E-state index contributed by atoms with van der Waals surface area (Å²) >= 11 is 5.94. The van der Waals surface area contributed by atoms with E-state index in [-0.39, 0.29) is 54.7 Å². The Kier molecular flexibility index (Phi) is 16.0. The fourth-order valence-corrected chi connectivity index (χ4v) is 13.2. The minimum atomic E-state index is -0.560. The Balaban J connectivity index is 0.000000144. The van der Waals surface area contributed by atoms with Gasteiger partial charge >= 0.3 is 0 Å². The lowest BCUT2D eigenvalue weighted by molar-refractivity contribution is -0.138. The van der Waals surface area contributed by atoms with Crippen LogP contribution in [0.2, 0.25) is 5.02 Å². The molecule has 3 unspecified atom stereocenters. The fraction of sp³-hybridized carbons (Fsp3) is 0.542. The summed E-state index contributed by atoms with van der Waals surface area (Å²) in [5, 5.41) is 18.1. The highest BCUT2D eigenvalue weighted by Gasteiger charge is 2.57. The number of carbonyl (C=O) groups is 6. The van der Waals surface area contributed by atoms with Crippen molar-refractivity contribution in [3.63, 3.8) is 0 Å². The topological polar surface area (TPSA) is 149 Å². The van der Waals surface area contributed by atoms with Crippen molar-refractivity contribution in [1.29, 1.82) is 0 Å². The van der Waals surface area contributed by atoms with Gasteiger partial charge in [0.1, 0.15) is 19.6 Å². The number of fused-ring (bicyclic) bond motifs is 2. The minimum Gasteiger partial charge on any atom is -0.292 e. The summed E-state index contributed by atoms with van der Waals surface area (Å²) in [5.41, 5.74) is 3.78. The second kappa shape index (κ2) is 21.8. The number of benzene rings is 3. The lowest BCUT2D eigenvalue weighted by Crippen LogP contribution is -2.45. The number of hydrogen-bond acceptors (Lipinski definition) is 9. The number of hydrazone groups is 3. The van der Waals surface area contributed by atoms with E-state index < -0.39 is 16.2 Å². The van der Waals surface area contributed by atoms with Crippen LogP contribution in [-0.2, 0) is 14.4 Å². The maximum absolute atomic E-state index is 13.1. The van der Waals surface area contributed by atoms with Gasteiger partial charge in [-0.3, -0.25) is 28.8 Å². The lowest BCUT2D eigenvalue weighted by Gasteiger charge is -2.35. The van der Waals surface area contributed by atoms with Gasteiger partial charge in [0.15, 0.2) is 17.3 Å². The van der Waals surface area contributed by atoms with Gasteiger partial charge in [0.05, 0.1) is 33.4 Å². The highest BCUT2D eigenvalue weighted by Crippen LogP contribution is 2.57. The minimum absolute atomic E-state index is 0.00657. The number of halogens is 1. The number of nitrogens with zero attached hydrogens (tertiary/aromatic N) is 6. The third-order valence-electron chi connectivity index (χ3n) is 17.9. The van der Waals surface area contributed by atoms with E-state index in [0.717, 1.165) is 60.7 Å². The van der Waals surface area contributed by atoms with Crippen molar-refractivity contribution in [2.75, 3.05) is 19.6 Å². The van der Waals surface area contributed by atoms with E-state index in [1.165, 1.54) is 72.8 Å². The van der Waals surface area contributed by atoms with E-state index in [1.54, 1.807) is 42.5 Å². The van der Waals surface area contributed by atoms with Gasteiger partial charge in [0.25, 0.3) is 17.7 Å². The molecule has 2 bridgehead atoms. The first-order chi connectivity index (χ1) is 34.3. The predicted octanol–water partition coefficient (Wildman–Crippen LogP) is 11.8. The first-order valence-electron chi connectivity index (χ1n) is 26.4. The standard InChI is InChI=1S/C20H24N2O2.C20H26N2O2.C19H23ClN2O2/c1-13-20(2,17-11-14-8-9-16(17)10-14)19(24)22(21-13)12-18(23)15-6-4-3-5-7-15;1-14-8-7-9-16(12-14)18(23)13-22-19(24)20(3,15(2)21-22)17-10-5-4-6-11-17;1-13-19(2,15-8-4-3-5-9-15)18(24)22(21-13)12-17(23)14-7-6-10-16(20)11-14/h3-7,14,16-17H,8-12H2,1-2H3;7-9,12,17H,4-6,10-11,13H2,1-3H3;6-7,10-11,15H,3-5,8-9,12H2,1-2H3/t14-,16+,17+,20?;;/m0../s1. The molecule has 4 fully saturated rings. The SMILES string of the molecule is CC1=NN(CC(=O)c2cccc(C)c2)C(=O)C1(C)C1CCCCC1.CC1=NN(CC(=O)c2cccc(Cl)c2)C(=O)C1(C)C1CCCCC1.CC1=NN(CC(=O)c2ccccc2)C(=O)C1(C)[C@@H]1C[C@H]2CC[C@@H]1C2. The highest BCUT2D eigenvalue weighted by molar-refractivity contribution is 6.31. The molecule has 3 heterocycles. The third-order valence-corrected chi connectivity index (χ3v) is 18.1. The Labute approximate surface area is 431 Å². The second-order valence-electron chi connectivity index (χ2n) is 22.2. The van der Waals surface area contributed by atoms with Gasteiger partial charge in [-0.05, 0) is 141 Å². The number of ketones is 3. The number of carbonyl (C=O) groups excluding carboxylic acids is 6. The van der Waals surface area contributed by atoms with E-state index >= 15 is 0 Å². The quantitative estimate of drug-likeness (QED) is 0.165. The van der Waals surface area contributed by atoms with Gasteiger partial charge in [0, 0.05) is 21.7 Å².